The average Bonchev–Trinajstić information content (AvgIpc) is 2.49. The lowest BCUT2D eigenvalue weighted by Crippen LogP contribution is -2.30. The standard InChI is InChI=1S/C17H26BrNO/c1-20-12-11-19-13-16(14-7-3-2-4-8-14)15-9-5-6-10-17(15)18/h5-6,9-10,14,16,19H,2-4,7-8,11-13H2,1H3. The van der Waals surface area contributed by atoms with Crippen LogP contribution in [0.4, 0.5) is 0 Å². The number of nitrogens with one attached hydrogen (secondary N) is 1. The molecule has 20 heavy (non-hydrogen) atoms. The number of halogens is 1. The van der Waals surface area contributed by atoms with Crippen LogP contribution >= 0.6 is 15.9 Å². The molecular formula is C17H26BrNO. The van der Waals surface area contributed by atoms with Gasteiger partial charge in [0, 0.05) is 30.6 Å². The summed E-state index contributed by atoms with van der Waals surface area (Å²) in [4.78, 5) is 0. The molecule has 1 aliphatic carbocycles. The minimum absolute atomic E-state index is 0.614. The maximum atomic E-state index is 5.13. The van der Waals surface area contributed by atoms with Gasteiger partial charge >= 0.3 is 0 Å². The Morgan fingerprint density at radius 2 is 2.00 bits per heavy atom. The highest BCUT2D eigenvalue weighted by Crippen LogP contribution is 2.38. The number of benzene rings is 1. The van der Waals surface area contributed by atoms with Crippen molar-refractivity contribution in [2.45, 2.75) is 38.0 Å². The van der Waals surface area contributed by atoms with Gasteiger partial charge in [-0.3, -0.25) is 0 Å². The Labute approximate surface area is 131 Å². The first-order valence-corrected chi connectivity index (χ1v) is 8.56. The maximum absolute atomic E-state index is 5.13. The number of hydrogen-bond acceptors (Lipinski definition) is 2. The second-order valence-corrected chi connectivity index (χ2v) is 6.58. The van der Waals surface area contributed by atoms with Gasteiger partial charge in [-0.25, -0.2) is 0 Å². The Balaban J connectivity index is 2.04. The van der Waals surface area contributed by atoms with Crippen molar-refractivity contribution >= 4 is 15.9 Å². The van der Waals surface area contributed by atoms with Gasteiger partial charge in [-0.2, -0.15) is 0 Å². The van der Waals surface area contributed by atoms with Crippen LogP contribution in [-0.2, 0) is 4.74 Å². The summed E-state index contributed by atoms with van der Waals surface area (Å²) in [5, 5.41) is 3.56. The van der Waals surface area contributed by atoms with E-state index in [0.717, 1.165) is 25.6 Å². The van der Waals surface area contributed by atoms with E-state index in [1.165, 1.54) is 42.1 Å². The van der Waals surface area contributed by atoms with Crippen LogP contribution in [-0.4, -0.2) is 26.8 Å². The van der Waals surface area contributed by atoms with E-state index in [9.17, 15) is 0 Å². The zero-order valence-corrected chi connectivity index (χ0v) is 14.0. The fourth-order valence-corrected chi connectivity index (χ4v) is 3.85. The lowest BCUT2D eigenvalue weighted by Gasteiger charge is -2.31. The Morgan fingerprint density at radius 1 is 1.25 bits per heavy atom. The Hall–Kier alpha value is -0.380. The molecule has 2 nitrogen and oxygen atoms in total. The molecule has 2 rings (SSSR count). The van der Waals surface area contributed by atoms with E-state index >= 15 is 0 Å². The van der Waals surface area contributed by atoms with Gasteiger partial charge in [0.1, 0.15) is 0 Å². The van der Waals surface area contributed by atoms with Gasteiger partial charge in [0.15, 0.2) is 0 Å². The number of methoxy groups -OCH3 is 1. The third-order valence-electron chi connectivity index (χ3n) is 4.37. The molecule has 1 aromatic rings. The molecule has 3 heteroatoms. The van der Waals surface area contributed by atoms with Crippen LogP contribution < -0.4 is 5.32 Å². The molecule has 112 valence electrons. The fourth-order valence-electron chi connectivity index (χ4n) is 3.27. The smallest absolute Gasteiger partial charge is 0.0587 e. The van der Waals surface area contributed by atoms with Gasteiger partial charge in [0.2, 0.25) is 0 Å². The van der Waals surface area contributed by atoms with Gasteiger partial charge in [-0.1, -0.05) is 53.4 Å². The Kier molecular flexibility index (Phi) is 7.05. The largest absolute Gasteiger partial charge is 0.383 e. The van der Waals surface area contributed by atoms with Crippen molar-refractivity contribution < 1.29 is 4.74 Å². The number of ether oxygens (including phenoxy) is 1. The van der Waals surface area contributed by atoms with Crippen molar-refractivity contribution in [3.8, 4) is 0 Å². The van der Waals surface area contributed by atoms with Crippen LogP contribution in [0.1, 0.15) is 43.6 Å². The van der Waals surface area contributed by atoms with E-state index in [4.69, 9.17) is 4.74 Å². The van der Waals surface area contributed by atoms with Crippen molar-refractivity contribution in [3.05, 3.63) is 34.3 Å². The molecule has 0 aromatic heterocycles. The lowest BCUT2D eigenvalue weighted by molar-refractivity contribution is 0.196. The van der Waals surface area contributed by atoms with E-state index in [-0.39, 0.29) is 0 Å². The summed E-state index contributed by atoms with van der Waals surface area (Å²) in [6, 6.07) is 8.70. The molecule has 1 fully saturated rings. The van der Waals surface area contributed by atoms with Gasteiger partial charge in [0.25, 0.3) is 0 Å². The molecule has 1 aliphatic rings. The van der Waals surface area contributed by atoms with Crippen molar-refractivity contribution in [1.82, 2.24) is 5.32 Å². The molecule has 1 unspecified atom stereocenters. The maximum Gasteiger partial charge on any atom is 0.0587 e. The number of hydrogen-bond donors (Lipinski definition) is 1. The van der Waals surface area contributed by atoms with Crippen LogP contribution in [0.15, 0.2) is 28.7 Å². The molecule has 1 aromatic carbocycles. The topological polar surface area (TPSA) is 21.3 Å². The van der Waals surface area contributed by atoms with E-state index in [1.807, 2.05) is 0 Å². The first-order chi connectivity index (χ1) is 9.83. The zero-order chi connectivity index (χ0) is 14.2. The second-order valence-electron chi connectivity index (χ2n) is 5.72. The molecule has 1 saturated carbocycles. The zero-order valence-electron chi connectivity index (χ0n) is 12.4. The molecule has 0 heterocycles. The van der Waals surface area contributed by atoms with E-state index < -0.39 is 0 Å². The molecule has 0 saturated heterocycles. The monoisotopic (exact) mass is 339 g/mol. The third-order valence-corrected chi connectivity index (χ3v) is 5.09. The SMILES string of the molecule is COCCNCC(c1ccccc1Br)C1CCCCC1. The molecule has 0 spiro atoms. The summed E-state index contributed by atoms with van der Waals surface area (Å²) in [7, 11) is 1.76. The molecular weight excluding hydrogens is 314 g/mol. The summed E-state index contributed by atoms with van der Waals surface area (Å²) in [5.41, 5.74) is 1.46. The van der Waals surface area contributed by atoms with Crippen molar-refractivity contribution in [3.63, 3.8) is 0 Å². The predicted octanol–water partition coefficient (Wildman–Crippen LogP) is 4.35. The molecule has 0 aliphatic heterocycles. The van der Waals surface area contributed by atoms with Crippen molar-refractivity contribution in [2.24, 2.45) is 5.92 Å². The van der Waals surface area contributed by atoms with Gasteiger partial charge in [-0.05, 0) is 30.4 Å². The average molecular weight is 340 g/mol. The lowest BCUT2D eigenvalue weighted by atomic mass is 9.77. The van der Waals surface area contributed by atoms with Crippen LogP contribution in [0.2, 0.25) is 0 Å². The third kappa shape index (κ3) is 4.57. The highest BCUT2D eigenvalue weighted by Gasteiger charge is 2.25. The summed E-state index contributed by atoms with van der Waals surface area (Å²) < 4.78 is 6.38. The van der Waals surface area contributed by atoms with Gasteiger partial charge in [0.05, 0.1) is 6.61 Å². The molecule has 0 radical (unpaired) electrons. The second kappa shape index (κ2) is 8.81. The summed E-state index contributed by atoms with van der Waals surface area (Å²) in [5.74, 6) is 1.43. The number of rotatable bonds is 7. The Morgan fingerprint density at radius 3 is 2.70 bits per heavy atom. The summed E-state index contributed by atoms with van der Waals surface area (Å²) >= 11 is 3.73. The minimum atomic E-state index is 0.614. The normalized spacial score (nSPS) is 18.1. The summed E-state index contributed by atoms with van der Waals surface area (Å²) in [6.45, 7) is 2.77. The highest BCUT2D eigenvalue weighted by atomic mass is 79.9. The molecule has 0 amide bonds. The van der Waals surface area contributed by atoms with E-state index in [1.54, 1.807) is 7.11 Å². The predicted molar refractivity (Wildman–Crippen MR) is 88.2 cm³/mol. The van der Waals surface area contributed by atoms with Crippen LogP contribution in [0, 0.1) is 5.92 Å². The quantitative estimate of drug-likeness (QED) is 0.745. The van der Waals surface area contributed by atoms with Gasteiger partial charge in [-0.15, -0.1) is 0 Å². The van der Waals surface area contributed by atoms with E-state index in [2.05, 4.69) is 45.5 Å². The van der Waals surface area contributed by atoms with E-state index in [0.29, 0.717) is 5.92 Å². The van der Waals surface area contributed by atoms with Crippen LogP contribution in [0.25, 0.3) is 0 Å². The van der Waals surface area contributed by atoms with Crippen LogP contribution in [0.5, 0.6) is 0 Å². The first-order valence-electron chi connectivity index (χ1n) is 7.77. The van der Waals surface area contributed by atoms with Crippen molar-refractivity contribution in [1.29, 1.82) is 0 Å². The molecule has 0 bridgehead atoms. The minimum Gasteiger partial charge on any atom is -0.383 e. The highest BCUT2D eigenvalue weighted by molar-refractivity contribution is 9.10. The van der Waals surface area contributed by atoms with Crippen molar-refractivity contribution in [2.75, 3.05) is 26.8 Å². The molecule has 1 atom stereocenters. The fraction of sp³-hybridized carbons (Fsp3) is 0.647. The Bertz CT molecular complexity index is 390. The van der Waals surface area contributed by atoms with Crippen LogP contribution in [0.3, 0.4) is 0 Å². The first kappa shape index (κ1) is 16.0. The van der Waals surface area contributed by atoms with Gasteiger partial charge < -0.3 is 10.1 Å². The molecule has 1 N–H and O–H groups in total. The summed E-state index contributed by atoms with van der Waals surface area (Å²) in [6.07, 6.45) is 6.94.